The summed E-state index contributed by atoms with van der Waals surface area (Å²) in [4.78, 5) is 15.6. The summed E-state index contributed by atoms with van der Waals surface area (Å²) in [5.74, 6) is 1.18. The summed E-state index contributed by atoms with van der Waals surface area (Å²) < 4.78 is 6.11. The van der Waals surface area contributed by atoms with Gasteiger partial charge in [-0.1, -0.05) is 55.5 Å². The van der Waals surface area contributed by atoms with Crippen LogP contribution >= 0.6 is 0 Å². The first-order valence-corrected chi connectivity index (χ1v) is 11.7. The van der Waals surface area contributed by atoms with E-state index in [2.05, 4.69) is 24.0 Å². The highest BCUT2D eigenvalue weighted by Crippen LogP contribution is 2.38. The summed E-state index contributed by atoms with van der Waals surface area (Å²) in [6, 6.07) is 23.5. The van der Waals surface area contributed by atoms with Crippen LogP contribution in [-0.2, 0) is 17.6 Å². The molecule has 1 aliphatic heterocycles. The van der Waals surface area contributed by atoms with E-state index in [1.165, 1.54) is 6.42 Å². The molecular formula is C29H29NO3. The van der Waals surface area contributed by atoms with Crippen molar-refractivity contribution in [3.05, 3.63) is 95.1 Å². The maximum Gasteiger partial charge on any atom is 0.168 e. The van der Waals surface area contributed by atoms with Gasteiger partial charge in [0.25, 0.3) is 0 Å². The Morgan fingerprint density at radius 2 is 1.76 bits per heavy atom. The fourth-order valence-corrected chi connectivity index (χ4v) is 4.89. The summed E-state index contributed by atoms with van der Waals surface area (Å²) in [5.41, 5.74) is 5.78. The van der Waals surface area contributed by atoms with Gasteiger partial charge in [-0.25, -0.2) is 0 Å². The van der Waals surface area contributed by atoms with Crippen molar-refractivity contribution in [3.63, 3.8) is 0 Å². The molecule has 1 fully saturated rings. The minimum absolute atomic E-state index is 0.0934. The zero-order chi connectivity index (χ0) is 22.8. The Morgan fingerprint density at radius 1 is 1.00 bits per heavy atom. The van der Waals surface area contributed by atoms with Crippen LogP contribution in [0.2, 0.25) is 0 Å². The van der Waals surface area contributed by atoms with Gasteiger partial charge in [-0.05, 0) is 71.5 Å². The average Bonchev–Trinajstić information content (AvgIpc) is 2.79. The van der Waals surface area contributed by atoms with Gasteiger partial charge in [-0.3, -0.25) is 9.69 Å². The second kappa shape index (κ2) is 9.24. The Balaban J connectivity index is 1.42. The standard InChI is InChI=1S/C29H29NO3/c1-2-14-30-18-25(19-30)33-24-11-8-20(9-12-24)15-27-26-13-10-23(31)16-22(26)17-28(32)29(27)21-6-4-3-5-7-21/h3-13,16,25,31H,2,14-15,17-19H2,1H3. The van der Waals surface area contributed by atoms with E-state index in [0.29, 0.717) is 12.8 Å². The van der Waals surface area contributed by atoms with Crippen LogP contribution in [0.5, 0.6) is 11.5 Å². The molecule has 0 amide bonds. The molecule has 4 heteroatoms. The average molecular weight is 440 g/mol. The Bertz CT molecular complexity index is 1180. The fraction of sp³-hybridized carbons (Fsp3) is 0.276. The summed E-state index contributed by atoms with van der Waals surface area (Å²) in [5, 5.41) is 9.96. The number of benzene rings is 3. The number of allylic oxidation sites excluding steroid dienone is 2. The predicted octanol–water partition coefficient (Wildman–Crippen LogP) is 5.14. The van der Waals surface area contributed by atoms with Crippen LogP contribution in [0.15, 0.2) is 72.8 Å². The van der Waals surface area contributed by atoms with Crippen molar-refractivity contribution in [2.24, 2.45) is 0 Å². The zero-order valence-electron chi connectivity index (χ0n) is 19.0. The van der Waals surface area contributed by atoms with Crippen LogP contribution in [0.1, 0.15) is 35.6 Å². The first-order chi connectivity index (χ1) is 16.1. The molecule has 168 valence electrons. The Kier molecular flexibility index (Phi) is 6.01. The third-order valence-corrected chi connectivity index (χ3v) is 6.48. The Morgan fingerprint density at radius 3 is 2.48 bits per heavy atom. The minimum atomic E-state index is 0.0934. The number of hydrogen-bond donors (Lipinski definition) is 1. The molecule has 1 heterocycles. The van der Waals surface area contributed by atoms with Crippen LogP contribution < -0.4 is 4.74 Å². The molecule has 1 N–H and O–H groups in total. The van der Waals surface area contributed by atoms with E-state index < -0.39 is 0 Å². The summed E-state index contributed by atoms with van der Waals surface area (Å²) in [6.45, 7) is 5.32. The maximum absolute atomic E-state index is 13.2. The SMILES string of the molecule is CCCN1CC(Oc2ccc(CC3=C(c4ccccc4)C(=O)Cc4cc(O)ccc43)cc2)C1. The molecule has 2 aliphatic rings. The number of carbonyl (C=O) groups excluding carboxylic acids is 1. The third-order valence-electron chi connectivity index (χ3n) is 6.48. The van der Waals surface area contributed by atoms with Gasteiger partial charge in [-0.15, -0.1) is 0 Å². The lowest BCUT2D eigenvalue weighted by Crippen LogP contribution is -2.53. The van der Waals surface area contributed by atoms with Crippen molar-refractivity contribution in [2.75, 3.05) is 19.6 Å². The van der Waals surface area contributed by atoms with E-state index in [0.717, 1.165) is 58.8 Å². The predicted molar refractivity (Wildman–Crippen MR) is 131 cm³/mol. The van der Waals surface area contributed by atoms with Gasteiger partial charge in [0.15, 0.2) is 5.78 Å². The largest absolute Gasteiger partial charge is 0.508 e. The number of phenolic OH excluding ortho intramolecular Hbond substituents is 1. The maximum atomic E-state index is 13.2. The molecule has 0 atom stereocenters. The molecule has 0 aromatic heterocycles. The first-order valence-electron chi connectivity index (χ1n) is 11.7. The van der Waals surface area contributed by atoms with Gasteiger partial charge in [0.1, 0.15) is 17.6 Å². The molecular weight excluding hydrogens is 410 g/mol. The molecule has 0 bridgehead atoms. The summed E-state index contributed by atoms with van der Waals surface area (Å²) in [6.07, 6.45) is 2.39. The van der Waals surface area contributed by atoms with Crippen molar-refractivity contribution in [3.8, 4) is 11.5 Å². The Hall–Kier alpha value is -3.37. The lowest BCUT2D eigenvalue weighted by molar-refractivity contribution is -0.113. The summed E-state index contributed by atoms with van der Waals surface area (Å²) in [7, 11) is 0. The quantitative estimate of drug-likeness (QED) is 0.554. The number of phenols is 1. The molecule has 1 aliphatic carbocycles. The first kappa shape index (κ1) is 21.5. The van der Waals surface area contributed by atoms with E-state index in [9.17, 15) is 9.90 Å². The van der Waals surface area contributed by atoms with E-state index >= 15 is 0 Å². The highest BCUT2D eigenvalue weighted by Gasteiger charge is 2.28. The van der Waals surface area contributed by atoms with Crippen LogP contribution in [0, 0.1) is 0 Å². The smallest absolute Gasteiger partial charge is 0.168 e. The highest BCUT2D eigenvalue weighted by atomic mass is 16.5. The molecule has 1 saturated heterocycles. The molecule has 0 spiro atoms. The van der Waals surface area contributed by atoms with Crippen LogP contribution in [-0.4, -0.2) is 41.5 Å². The molecule has 33 heavy (non-hydrogen) atoms. The zero-order valence-corrected chi connectivity index (χ0v) is 19.0. The molecule has 0 radical (unpaired) electrons. The van der Waals surface area contributed by atoms with Gasteiger partial charge in [0, 0.05) is 25.1 Å². The number of Topliss-reactive ketones (excluding diaryl/α,β-unsaturated/α-hetero) is 1. The van der Waals surface area contributed by atoms with Crippen molar-refractivity contribution < 1.29 is 14.6 Å². The normalized spacial score (nSPS) is 16.5. The number of ketones is 1. The van der Waals surface area contributed by atoms with E-state index in [-0.39, 0.29) is 17.6 Å². The molecule has 0 saturated carbocycles. The fourth-order valence-electron chi connectivity index (χ4n) is 4.89. The van der Waals surface area contributed by atoms with Crippen molar-refractivity contribution in [2.45, 2.75) is 32.3 Å². The molecule has 4 nitrogen and oxygen atoms in total. The van der Waals surface area contributed by atoms with Crippen LogP contribution in [0.3, 0.4) is 0 Å². The molecule has 3 aromatic rings. The van der Waals surface area contributed by atoms with Gasteiger partial charge < -0.3 is 9.84 Å². The lowest BCUT2D eigenvalue weighted by Gasteiger charge is -2.38. The number of fused-ring (bicyclic) bond motifs is 1. The number of aromatic hydroxyl groups is 1. The van der Waals surface area contributed by atoms with Crippen LogP contribution in [0.4, 0.5) is 0 Å². The number of hydrogen-bond acceptors (Lipinski definition) is 4. The van der Waals surface area contributed by atoms with E-state index in [1.807, 2.05) is 48.5 Å². The third kappa shape index (κ3) is 4.57. The second-order valence-electron chi connectivity index (χ2n) is 8.98. The van der Waals surface area contributed by atoms with Crippen molar-refractivity contribution in [1.29, 1.82) is 0 Å². The van der Waals surface area contributed by atoms with Crippen molar-refractivity contribution >= 4 is 16.9 Å². The van der Waals surface area contributed by atoms with Gasteiger partial charge in [-0.2, -0.15) is 0 Å². The highest BCUT2D eigenvalue weighted by molar-refractivity contribution is 6.30. The number of nitrogens with zero attached hydrogens (tertiary/aromatic N) is 1. The van der Waals surface area contributed by atoms with E-state index in [1.54, 1.807) is 12.1 Å². The number of rotatable bonds is 7. The number of carbonyl (C=O) groups is 1. The number of ether oxygens (including phenoxy) is 1. The topological polar surface area (TPSA) is 49.8 Å². The second-order valence-corrected chi connectivity index (χ2v) is 8.98. The molecule has 5 rings (SSSR count). The lowest BCUT2D eigenvalue weighted by atomic mass is 9.79. The summed E-state index contributed by atoms with van der Waals surface area (Å²) >= 11 is 0. The molecule has 0 unspecified atom stereocenters. The molecule has 3 aromatic carbocycles. The monoisotopic (exact) mass is 439 g/mol. The number of likely N-dealkylation sites (tertiary alicyclic amines) is 1. The van der Waals surface area contributed by atoms with Gasteiger partial charge >= 0.3 is 0 Å². The van der Waals surface area contributed by atoms with E-state index in [4.69, 9.17) is 4.74 Å². The Labute approximate surface area is 195 Å². The minimum Gasteiger partial charge on any atom is -0.508 e. The van der Waals surface area contributed by atoms with Crippen LogP contribution in [0.25, 0.3) is 11.1 Å². The van der Waals surface area contributed by atoms with Gasteiger partial charge in [0.2, 0.25) is 0 Å². The van der Waals surface area contributed by atoms with Gasteiger partial charge in [0.05, 0.1) is 0 Å². The van der Waals surface area contributed by atoms with Crippen molar-refractivity contribution in [1.82, 2.24) is 4.90 Å².